The zero-order valence-electron chi connectivity index (χ0n) is 11.0. The fraction of sp³-hybridized carbons (Fsp3) is 1.00. The summed E-state index contributed by atoms with van der Waals surface area (Å²) in [7, 11) is -2.86. The molecule has 0 saturated heterocycles. The predicted molar refractivity (Wildman–Crippen MR) is 69.3 cm³/mol. The summed E-state index contributed by atoms with van der Waals surface area (Å²) in [5.41, 5.74) is 5.72. The molecule has 5 heteroatoms. The van der Waals surface area contributed by atoms with E-state index in [2.05, 4.69) is 18.7 Å². The molecule has 0 aromatic carbocycles. The number of hydrogen-bond donors (Lipinski definition) is 1. The molecule has 0 saturated carbocycles. The van der Waals surface area contributed by atoms with Gasteiger partial charge in [-0.3, -0.25) is 0 Å². The van der Waals surface area contributed by atoms with Crippen LogP contribution >= 0.6 is 0 Å². The Hall–Kier alpha value is -0.130. The van der Waals surface area contributed by atoms with E-state index in [1.165, 1.54) is 0 Å². The standard InChI is InChI=1S/C11H26N2O2S/c1-5-13(10-11(3,4)9-12)7-8-16(14,15)6-2/h5-10,12H2,1-4H3. The molecule has 0 aromatic heterocycles. The first kappa shape index (κ1) is 15.9. The number of sulfone groups is 1. The molecule has 0 spiro atoms. The molecule has 0 aliphatic carbocycles. The highest BCUT2D eigenvalue weighted by Crippen LogP contribution is 2.14. The zero-order valence-corrected chi connectivity index (χ0v) is 11.8. The van der Waals surface area contributed by atoms with Crippen LogP contribution in [0.5, 0.6) is 0 Å². The van der Waals surface area contributed by atoms with Gasteiger partial charge in [-0.2, -0.15) is 0 Å². The predicted octanol–water partition coefficient (Wildman–Crippen LogP) is 0.728. The van der Waals surface area contributed by atoms with E-state index in [4.69, 9.17) is 5.73 Å². The first-order chi connectivity index (χ1) is 7.26. The maximum atomic E-state index is 11.4. The van der Waals surface area contributed by atoms with Crippen molar-refractivity contribution >= 4 is 9.84 Å². The summed E-state index contributed by atoms with van der Waals surface area (Å²) in [5.74, 6) is 0.475. The number of hydrogen-bond acceptors (Lipinski definition) is 4. The van der Waals surface area contributed by atoms with Gasteiger partial charge < -0.3 is 10.6 Å². The van der Waals surface area contributed by atoms with Crippen molar-refractivity contribution < 1.29 is 8.42 Å². The summed E-state index contributed by atoms with van der Waals surface area (Å²) in [5, 5.41) is 0. The average Bonchev–Trinajstić information content (AvgIpc) is 2.24. The van der Waals surface area contributed by atoms with Gasteiger partial charge in [-0.25, -0.2) is 8.42 Å². The van der Waals surface area contributed by atoms with E-state index in [-0.39, 0.29) is 16.9 Å². The number of rotatable bonds is 8. The lowest BCUT2D eigenvalue weighted by Crippen LogP contribution is -2.40. The zero-order chi connectivity index (χ0) is 12.8. The second-order valence-corrected chi connectivity index (χ2v) is 7.45. The van der Waals surface area contributed by atoms with Crippen LogP contribution in [0, 0.1) is 5.41 Å². The number of nitrogens with zero attached hydrogens (tertiary/aromatic N) is 1. The molecule has 0 aliphatic rings. The van der Waals surface area contributed by atoms with Crippen molar-refractivity contribution in [3.8, 4) is 0 Å². The van der Waals surface area contributed by atoms with E-state index < -0.39 is 9.84 Å². The third-order valence-electron chi connectivity index (χ3n) is 2.81. The Morgan fingerprint density at radius 3 is 2.19 bits per heavy atom. The minimum absolute atomic E-state index is 0.0476. The Morgan fingerprint density at radius 1 is 1.25 bits per heavy atom. The van der Waals surface area contributed by atoms with E-state index in [0.29, 0.717) is 13.1 Å². The van der Waals surface area contributed by atoms with E-state index in [1.807, 2.05) is 6.92 Å². The van der Waals surface area contributed by atoms with Crippen molar-refractivity contribution in [2.75, 3.05) is 37.7 Å². The summed E-state index contributed by atoms with van der Waals surface area (Å²) in [4.78, 5) is 2.15. The third kappa shape index (κ3) is 6.45. The maximum absolute atomic E-state index is 11.4. The Balaban J connectivity index is 4.23. The van der Waals surface area contributed by atoms with Gasteiger partial charge in [0.1, 0.15) is 0 Å². The van der Waals surface area contributed by atoms with Gasteiger partial charge in [-0.05, 0) is 18.5 Å². The molecule has 4 nitrogen and oxygen atoms in total. The summed E-state index contributed by atoms with van der Waals surface area (Å²) < 4.78 is 22.8. The minimum Gasteiger partial charge on any atom is -0.330 e. The molecule has 0 radical (unpaired) electrons. The van der Waals surface area contributed by atoms with Gasteiger partial charge in [0.2, 0.25) is 0 Å². The van der Waals surface area contributed by atoms with Crippen LogP contribution in [-0.2, 0) is 9.84 Å². The first-order valence-electron chi connectivity index (χ1n) is 5.89. The van der Waals surface area contributed by atoms with Crippen LogP contribution < -0.4 is 5.73 Å². The van der Waals surface area contributed by atoms with Crippen LogP contribution in [0.1, 0.15) is 27.7 Å². The van der Waals surface area contributed by atoms with Crippen LogP contribution in [0.25, 0.3) is 0 Å². The first-order valence-corrected chi connectivity index (χ1v) is 7.71. The molecule has 0 heterocycles. The minimum atomic E-state index is -2.86. The summed E-state index contributed by atoms with van der Waals surface area (Å²) >= 11 is 0. The molecule has 98 valence electrons. The molecule has 0 rings (SSSR count). The van der Waals surface area contributed by atoms with Crippen molar-refractivity contribution in [2.24, 2.45) is 11.1 Å². The maximum Gasteiger partial charge on any atom is 0.151 e. The van der Waals surface area contributed by atoms with Gasteiger partial charge in [0.15, 0.2) is 9.84 Å². The molecule has 16 heavy (non-hydrogen) atoms. The van der Waals surface area contributed by atoms with Crippen LogP contribution in [-0.4, -0.2) is 51.0 Å². The van der Waals surface area contributed by atoms with Crippen molar-refractivity contribution in [1.29, 1.82) is 0 Å². The van der Waals surface area contributed by atoms with Gasteiger partial charge in [-0.1, -0.05) is 27.7 Å². The topological polar surface area (TPSA) is 63.4 Å². The highest BCUT2D eigenvalue weighted by atomic mass is 32.2. The van der Waals surface area contributed by atoms with Crippen LogP contribution in [0.4, 0.5) is 0 Å². The molecule has 0 fully saturated rings. The molecule has 0 unspecified atom stereocenters. The van der Waals surface area contributed by atoms with Crippen LogP contribution in [0.2, 0.25) is 0 Å². The van der Waals surface area contributed by atoms with E-state index in [0.717, 1.165) is 13.1 Å². The fourth-order valence-electron chi connectivity index (χ4n) is 1.43. The van der Waals surface area contributed by atoms with E-state index in [9.17, 15) is 8.42 Å². The normalized spacial score (nSPS) is 13.4. The SMILES string of the molecule is CCN(CCS(=O)(=O)CC)CC(C)(C)CN. The van der Waals surface area contributed by atoms with Gasteiger partial charge in [0.05, 0.1) is 5.75 Å². The highest BCUT2D eigenvalue weighted by molar-refractivity contribution is 7.91. The van der Waals surface area contributed by atoms with Gasteiger partial charge in [0, 0.05) is 18.8 Å². The highest BCUT2D eigenvalue weighted by Gasteiger charge is 2.20. The molecular weight excluding hydrogens is 224 g/mol. The smallest absolute Gasteiger partial charge is 0.151 e. The molecule has 0 bridgehead atoms. The van der Waals surface area contributed by atoms with Crippen molar-refractivity contribution in [2.45, 2.75) is 27.7 Å². The Kier molecular flexibility index (Phi) is 6.51. The average molecular weight is 250 g/mol. The van der Waals surface area contributed by atoms with Crippen molar-refractivity contribution in [3.63, 3.8) is 0 Å². The summed E-state index contributed by atoms with van der Waals surface area (Å²) in [6.45, 7) is 10.9. The lowest BCUT2D eigenvalue weighted by molar-refractivity contribution is 0.199. The molecule has 0 aromatic rings. The summed E-state index contributed by atoms with van der Waals surface area (Å²) in [6.07, 6.45) is 0. The summed E-state index contributed by atoms with van der Waals surface area (Å²) in [6, 6.07) is 0. The molecule has 0 atom stereocenters. The monoisotopic (exact) mass is 250 g/mol. The lowest BCUT2D eigenvalue weighted by Gasteiger charge is -2.30. The third-order valence-corrected chi connectivity index (χ3v) is 4.49. The fourth-order valence-corrected chi connectivity index (χ4v) is 2.26. The van der Waals surface area contributed by atoms with Crippen LogP contribution in [0.3, 0.4) is 0 Å². The molecule has 2 N–H and O–H groups in total. The van der Waals surface area contributed by atoms with E-state index in [1.54, 1.807) is 6.92 Å². The molecule has 0 amide bonds. The molecule has 0 aliphatic heterocycles. The second-order valence-electron chi connectivity index (χ2n) is 4.97. The van der Waals surface area contributed by atoms with E-state index >= 15 is 0 Å². The van der Waals surface area contributed by atoms with Crippen molar-refractivity contribution in [1.82, 2.24) is 4.90 Å². The largest absolute Gasteiger partial charge is 0.330 e. The van der Waals surface area contributed by atoms with Crippen molar-refractivity contribution in [3.05, 3.63) is 0 Å². The van der Waals surface area contributed by atoms with Gasteiger partial charge in [0.25, 0.3) is 0 Å². The van der Waals surface area contributed by atoms with Gasteiger partial charge >= 0.3 is 0 Å². The quantitative estimate of drug-likeness (QED) is 0.690. The van der Waals surface area contributed by atoms with Crippen LogP contribution in [0.15, 0.2) is 0 Å². The lowest BCUT2D eigenvalue weighted by atomic mass is 9.93. The Morgan fingerprint density at radius 2 is 1.81 bits per heavy atom. The second kappa shape index (κ2) is 6.57. The number of nitrogens with two attached hydrogens (primary N) is 1. The van der Waals surface area contributed by atoms with Gasteiger partial charge in [-0.15, -0.1) is 0 Å². The molecular formula is C11H26N2O2S. The Bertz CT molecular complexity index is 286. The Labute approximate surface area is 100 Å².